The molecule has 1 N–H and O–H groups in total. The zero-order chi connectivity index (χ0) is 21.2. The molecule has 172 valence electrons. The number of aryl methyl sites for hydroxylation is 1. The van der Waals surface area contributed by atoms with Gasteiger partial charge in [-0.3, -0.25) is 0 Å². The van der Waals surface area contributed by atoms with E-state index < -0.39 is 0 Å². The van der Waals surface area contributed by atoms with Crippen LogP contribution in [-0.2, 0) is 16.0 Å². The topological polar surface area (TPSA) is 72.1 Å². The highest BCUT2D eigenvalue weighted by atomic mass is 127. The van der Waals surface area contributed by atoms with Gasteiger partial charge in [0.1, 0.15) is 12.0 Å². The quantitative estimate of drug-likeness (QED) is 0.221. The van der Waals surface area contributed by atoms with Crippen LogP contribution in [0.5, 0.6) is 0 Å². The number of rotatable bonds is 9. The Morgan fingerprint density at radius 1 is 1.23 bits per heavy atom. The second-order valence-corrected chi connectivity index (χ2v) is 7.58. The molecule has 2 heterocycles. The van der Waals surface area contributed by atoms with Crippen molar-refractivity contribution in [3.8, 4) is 11.5 Å². The molecule has 3 rings (SSSR count). The molecule has 0 atom stereocenters. The third-order valence-electron chi connectivity index (χ3n) is 5.16. The summed E-state index contributed by atoms with van der Waals surface area (Å²) in [6.07, 6.45) is 5.00. The third-order valence-corrected chi connectivity index (χ3v) is 5.16. The highest BCUT2D eigenvalue weighted by Crippen LogP contribution is 2.20. The number of ether oxygens (including phenoxy) is 2. The molecule has 7 nitrogen and oxygen atoms in total. The van der Waals surface area contributed by atoms with Crippen molar-refractivity contribution in [2.75, 3.05) is 40.0 Å². The molecule has 1 aromatic heterocycles. The number of aliphatic imine (C=N–C) groups is 1. The number of guanidine groups is 1. The van der Waals surface area contributed by atoms with E-state index in [4.69, 9.17) is 18.9 Å². The predicted molar refractivity (Wildman–Crippen MR) is 134 cm³/mol. The first-order valence-corrected chi connectivity index (χ1v) is 10.8. The number of likely N-dealkylation sites (tertiary alicyclic amines) is 1. The maximum Gasteiger partial charge on any atom is 0.226 e. The maximum atomic E-state index is 5.97. The maximum absolute atomic E-state index is 5.97. The van der Waals surface area contributed by atoms with Gasteiger partial charge in [-0.1, -0.05) is 17.7 Å². The third kappa shape index (κ3) is 8.08. The largest absolute Gasteiger partial charge is 0.444 e. The van der Waals surface area contributed by atoms with Crippen LogP contribution in [0, 0.1) is 6.92 Å². The average molecular weight is 542 g/mol. The van der Waals surface area contributed by atoms with Crippen molar-refractivity contribution < 1.29 is 13.9 Å². The van der Waals surface area contributed by atoms with E-state index in [9.17, 15) is 0 Å². The number of hydrogen-bond donors (Lipinski definition) is 1. The van der Waals surface area contributed by atoms with Crippen molar-refractivity contribution in [2.24, 2.45) is 4.99 Å². The molecule has 1 aromatic carbocycles. The molecule has 0 amide bonds. The Morgan fingerprint density at radius 3 is 2.65 bits per heavy atom. The Balaban J connectivity index is 0.00000341. The minimum atomic E-state index is 0. The van der Waals surface area contributed by atoms with E-state index in [1.807, 2.05) is 12.1 Å². The van der Waals surface area contributed by atoms with Crippen molar-refractivity contribution in [2.45, 2.75) is 45.8 Å². The molecule has 0 bridgehead atoms. The van der Waals surface area contributed by atoms with E-state index in [0.717, 1.165) is 69.3 Å². The summed E-state index contributed by atoms with van der Waals surface area (Å²) in [5, 5.41) is 3.40. The Bertz CT molecular complexity index is 786. The predicted octanol–water partition coefficient (Wildman–Crippen LogP) is 4.25. The molecular formula is C23H35IN4O3. The molecule has 0 aliphatic carbocycles. The molecular weight excluding hydrogens is 507 g/mol. The Hall–Kier alpha value is -1.65. The van der Waals surface area contributed by atoms with Gasteiger partial charge in [-0.05, 0) is 45.2 Å². The van der Waals surface area contributed by atoms with Crippen LogP contribution < -0.4 is 5.32 Å². The molecule has 2 aromatic rings. The first-order chi connectivity index (χ1) is 14.7. The highest BCUT2D eigenvalue weighted by Gasteiger charge is 2.22. The summed E-state index contributed by atoms with van der Waals surface area (Å²) < 4.78 is 16.7. The molecule has 1 saturated heterocycles. The van der Waals surface area contributed by atoms with Gasteiger partial charge in [0.05, 0.1) is 12.6 Å². The van der Waals surface area contributed by atoms with Gasteiger partial charge in [-0.2, -0.15) is 0 Å². The fraction of sp³-hybridized carbons (Fsp3) is 0.565. The van der Waals surface area contributed by atoms with Crippen molar-refractivity contribution in [3.05, 3.63) is 41.8 Å². The van der Waals surface area contributed by atoms with E-state index in [-0.39, 0.29) is 24.0 Å². The summed E-state index contributed by atoms with van der Waals surface area (Å²) in [6.45, 7) is 8.88. The lowest BCUT2D eigenvalue weighted by Gasteiger charge is -2.34. The standard InChI is InChI=1S/C23H34N4O3.HI/c1-4-24-23(27-12-10-21(11-13-27)29-15-5-14-28-3)25-16-20-17-30-22(26-20)19-8-6-18(2)7-9-19;/h6-9,17,21H,4-5,10-16H2,1-3H3,(H,24,25);1H. The molecule has 0 unspecified atom stereocenters. The van der Waals surface area contributed by atoms with Gasteiger partial charge in [-0.15, -0.1) is 24.0 Å². The molecule has 1 aliphatic rings. The van der Waals surface area contributed by atoms with E-state index in [0.29, 0.717) is 18.5 Å². The van der Waals surface area contributed by atoms with Crippen molar-refractivity contribution in [1.29, 1.82) is 0 Å². The van der Waals surface area contributed by atoms with Crippen LogP contribution in [0.4, 0.5) is 0 Å². The second-order valence-electron chi connectivity index (χ2n) is 7.58. The first kappa shape index (κ1) is 25.6. The number of piperidine rings is 1. The zero-order valence-corrected chi connectivity index (χ0v) is 21.1. The normalized spacial score (nSPS) is 15.1. The van der Waals surface area contributed by atoms with Crippen LogP contribution in [-0.4, -0.2) is 61.9 Å². The van der Waals surface area contributed by atoms with Crippen molar-refractivity contribution in [3.63, 3.8) is 0 Å². The van der Waals surface area contributed by atoms with Crippen molar-refractivity contribution in [1.82, 2.24) is 15.2 Å². The Morgan fingerprint density at radius 2 is 1.97 bits per heavy atom. The monoisotopic (exact) mass is 542 g/mol. The van der Waals surface area contributed by atoms with Gasteiger partial charge < -0.3 is 24.1 Å². The second kappa shape index (κ2) is 13.7. The summed E-state index contributed by atoms with van der Waals surface area (Å²) in [5.41, 5.74) is 3.03. The van der Waals surface area contributed by atoms with Crippen LogP contribution in [0.1, 0.15) is 37.4 Å². The molecule has 0 spiro atoms. The van der Waals surface area contributed by atoms with Crippen LogP contribution in [0.15, 0.2) is 39.9 Å². The molecule has 0 radical (unpaired) electrons. The summed E-state index contributed by atoms with van der Waals surface area (Å²) in [5.74, 6) is 1.56. The fourth-order valence-corrected chi connectivity index (χ4v) is 3.48. The lowest BCUT2D eigenvalue weighted by molar-refractivity contribution is 0.00990. The Labute approximate surface area is 202 Å². The lowest BCUT2D eigenvalue weighted by Crippen LogP contribution is -2.47. The van der Waals surface area contributed by atoms with Crippen molar-refractivity contribution >= 4 is 29.9 Å². The van der Waals surface area contributed by atoms with Gasteiger partial charge >= 0.3 is 0 Å². The number of oxazole rings is 1. The van der Waals surface area contributed by atoms with Crippen LogP contribution in [0.3, 0.4) is 0 Å². The van der Waals surface area contributed by atoms with E-state index >= 15 is 0 Å². The number of halogens is 1. The molecule has 8 heteroatoms. The van der Waals surface area contributed by atoms with Gasteiger partial charge in [-0.25, -0.2) is 9.98 Å². The SMILES string of the molecule is CCNC(=NCc1coc(-c2ccc(C)cc2)n1)N1CCC(OCCCOC)CC1.I. The highest BCUT2D eigenvalue weighted by molar-refractivity contribution is 14.0. The number of methoxy groups -OCH3 is 1. The summed E-state index contributed by atoms with van der Waals surface area (Å²) in [7, 11) is 1.72. The van der Waals surface area contributed by atoms with Gasteiger partial charge in [0.25, 0.3) is 0 Å². The molecule has 1 aliphatic heterocycles. The smallest absolute Gasteiger partial charge is 0.226 e. The van der Waals surface area contributed by atoms with E-state index in [1.54, 1.807) is 13.4 Å². The number of nitrogens with zero attached hydrogens (tertiary/aromatic N) is 3. The van der Waals surface area contributed by atoms with E-state index in [2.05, 4.69) is 41.2 Å². The average Bonchev–Trinajstić information content (AvgIpc) is 3.24. The minimum absolute atomic E-state index is 0. The molecule has 0 saturated carbocycles. The fourth-order valence-electron chi connectivity index (χ4n) is 3.48. The molecule has 1 fully saturated rings. The summed E-state index contributed by atoms with van der Waals surface area (Å²) >= 11 is 0. The molecule has 31 heavy (non-hydrogen) atoms. The van der Waals surface area contributed by atoms with Gasteiger partial charge in [0.15, 0.2) is 5.96 Å². The van der Waals surface area contributed by atoms with Crippen LogP contribution >= 0.6 is 24.0 Å². The Kier molecular flexibility index (Phi) is 11.3. The first-order valence-electron chi connectivity index (χ1n) is 10.8. The summed E-state index contributed by atoms with van der Waals surface area (Å²) in [4.78, 5) is 11.7. The number of benzene rings is 1. The number of hydrogen-bond acceptors (Lipinski definition) is 5. The van der Waals surface area contributed by atoms with E-state index in [1.165, 1.54) is 5.56 Å². The zero-order valence-electron chi connectivity index (χ0n) is 18.8. The van der Waals surface area contributed by atoms with Gasteiger partial charge in [0.2, 0.25) is 5.89 Å². The minimum Gasteiger partial charge on any atom is -0.444 e. The van der Waals surface area contributed by atoms with Crippen LogP contribution in [0.2, 0.25) is 0 Å². The van der Waals surface area contributed by atoms with Crippen LogP contribution in [0.25, 0.3) is 11.5 Å². The van der Waals surface area contributed by atoms with Gasteiger partial charge in [0, 0.05) is 45.5 Å². The number of nitrogens with one attached hydrogen (secondary N) is 1. The summed E-state index contributed by atoms with van der Waals surface area (Å²) in [6, 6.07) is 8.18. The lowest BCUT2D eigenvalue weighted by atomic mass is 10.1. The number of aromatic nitrogens is 1.